The van der Waals surface area contributed by atoms with E-state index in [1.54, 1.807) is 12.1 Å². The van der Waals surface area contributed by atoms with Crippen molar-refractivity contribution in [3.05, 3.63) is 64.2 Å². The van der Waals surface area contributed by atoms with Crippen LogP contribution in [-0.4, -0.2) is 70.8 Å². The molecule has 0 aromatic heterocycles. The first-order valence-corrected chi connectivity index (χ1v) is 10.8. The number of hydrogen-bond acceptors (Lipinski definition) is 7. The van der Waals surface area contributed by atoms with Gasteiger partial charge in [0.25, 0.3) is 0 Å². The summed E-state index contributed by atoms with van der Waals surface area (Å²) >= 11 is 6.49. The highest BCUT2D eigenvalue weighted by molar-refractivity contribution is 6.31. The van der Waals surface area contributed by atoms with Crippen molar-refractivity contribution in [2.75, 3.05) is 19.8 Å². The molecule has 0 spiro atoms. The summed E-state index contributed by atoms with van der Waals surface area (Å²) in [6.45, 7) is 0.888. The van der Waals surface area contributed by atoms with Crippen LogP contribution in [0.3, 0.4) is 0 Å². The Morgan fingerprint density at radius 3 is 2.42 bits per heavy atom. The van der Waals surface area contributed by atoms with Gasteiger partial charge in [-0.2, -0.15) is 0 Å². The molecule has 31 heavy (non-hydrogen) atoms. The fraction of sp³-hybridized carbons (Fsp3) is 0.478. The Labute approximate surface area is 185 Å². The van der Waals surface area contributed by atoms with Gasteiger partial charge in [0.2, 0.25) is 0 Å². The molecule has 6 atom stereocenters. The maximum atomic E-state index is 10.3. The fourth-order valence-electron chi connectivity index (χ4n) is 3.97. The SMILES string of the molecule is OC[C@@H]1O[C@H](c2ccc(Cc3ccc(O[C@@H]4CCOC4)cc3)c(Cl)c2)[C@H](O)[C@H](O)[C@H]1O. The van der Waals surface area contributed by atoms with Crippen molar-refractivity contribution in [2.45, 2.75) is 49.5 Å². The lowest BCUT2D eigenvalue weighted by Gasteiger charge is -2.40. The third-order valence-corrected chi connectivity index (χ3v) is 6.16. The zero-order valence-corrected chi connectivity index (χ0v) is 17.7. The molecule has 2 fully saturated rings. The van der Waals surface area contributed by atoms with Crippen molar-refractivity contribution in [3.8, 4) is 5.75 Å². The van der Waals surface area contributed by atoms with Crippen molar-refractivity contribution in [2.24, 2.45) is 0 Å². The predicted octanol–water partition coefficient (Wildman–Crippen LogP) is 1.61. The summed E-state index contributed by atoms with van der Waals surface area (Å²) in [6.07, 6.45) is -4.40. The van der Waals surface area contributed by atoms with Crippen molar-refractivity contribution < 1.29 is 34.6 Å². The van der Waals surface area contributed by atoms with E-state index >= 15 is 0 Å². The third kappa shape index (κ3) is 5.04. The molecule has 2 aliphatic heterocycles. The zero-order chi connectivity index (χ0) is 22.0. The molecule has 0 radical (unpaired) electrons. The van der Waals surface area contributed by atoms with Gasteiger partial charge in [0, 0.05) is 11.4 Å². The number of rotatable bonds is 6. The molecule has 2 aromatic carbocycles. The summed E-state index contributed by atoms with van der Waals surface area (Å²) in [6, 6.07) is 13.2. The van der Waals surface area contributed by atoms with E-state index in [1.807, 2.05) is 30.3 Å². The fourth-order valence-corrected chi connectivity index (χ4v) is 4.22. The Hall–Kier alpha value is -1.71. The molecule has 4 N–H and O–H groups in total. The van der Waals surface area contributed by atoms with E-state index in [1.165, 1.54) is 0 Å². The van der Waals surface area contributed by atoms with Crippen LogP contribution < -0.4 is 4.74 Å². The van der Waals surface area contributed by atoms with E-state index in [9.17, 15) is 20.4 Å². The molecular formula is C23H27ClO7. The van der Waals surface area contributed by atoms with Crippen molar-refractivity contribution in [3.63, 3.8) is 0 Å². The van der Waals surface area contributed by atoms with E-state index in [4.69, 9.17) is 25.8 Å². The van der Waals surface area contributed by atoms with E-state index in [-0.39, 0.29) is 6.10 Å². The lowest BCUT2D eigenvalue weighted by molar-refractivity contribution is -0.231. The molecule has 168 valence electrons. The van der Waals surface area contributed by atoms with Gasteiger partial charge in [-0.25, -0.2) is 0 Å². The minimum Gasteiger partial charge on any atom is -0.488 e. The zero-order valence-electron chi connectivity index (χ0n) is 16.9. The standard InChI is InChI=1S/C23H27ClO7/c24-18-10-15(23-22(28)21(27)20(26)19(11-25)31-23)4-3-14(18)9-13-1-5-16(6-2-13)30-17-7-8-29-12-17/h1-6,10,17,19-23,25-28H,7-9,11-12H2/t17-,19+,20+,21-,22-,23-/m1/s1. The number of aliphatic hydroxyl groups is 4. The van der Waals surface area contributed by atoms with Crippen molar-refractivity contribution in [1.82, 2.24) is 0 Å². The van der Waals surface area contributed by atoms with Crippen LogP contribution in [0.25, 0.3) is 0 Å². The second-order valence-electron chi connectivity index (χ2n) is 8.02. The predicted molar refractivity (Wildman–Crippen MR) is 113 cm³/mol. The Balaban J connectivity index is 1.44. The molecule has 8 heteroatoms. The van der Waals surface area contributed by atoms with Crippen LogP contribution in [0, 0.1) is 0 Å². The van der Waals surface area contributed by atoms with E-state index in [2.05, 4.69) is 0 Å². The highest BCUT2D eigenvalue weighted by atomic mass is 35.5. The first kappa shape index (κ1) is 22.5. The first-order valence-electron chi connectivity index (χ1n) is 10.4. The second-order valence-corrected chi connectivity index (χ2v) is 8.43. The summed E-state index contributed by atoms with van der Waals surface area (Å²) in [4.78, 5) is 0. The van der Waals surface area contributed by atoms with Gasteiger partial charge in [0.05, 0.1) is 19.8 Å². The number of hydrogen-bond donors (Lipinski definition) is 4. The van der Waals surface area contributed by atoms with Gasteiger partial charge >= 0.3 is 0 Å². The minimum atomic E-state index is -1.43. The Bertz CT molecular complexity index is 867. The largest absolute Gasteiger partial charge is 0.488 e. The Kier molecular flexibility index (Phi) is 7.13. The number of halogens is 1. The second kappa shape index (κ2) is 9.83. The van der Waals surface area contributed by atoms with Gasteiger partial charge in [0.1, 0.15) is 42.4 Å². The summed E-state index contributed by atoms with van der Waals surface area (Å²) < 4.78 is 16.8. The molecule has 0 amide bonds. The summed E-state index contributed by atoms with van der Waals surface area (Å²) in [5, 5.41) is 40.2. The maximum absolute atomic E-state index is 10.3. The molecule has 2 aromatic rings. The molecule has 7 nitrogen and oxygen atoms in total. The van der Waals surface area contributed by atoms with Crippen LogP contribution in [0.15, 0.2) is 42.5 Å². The monoisotopic (exact) mass is 450 g/mol. The molecule has 0 bridgehead atoms. The summed E-state index contributed by atoms with van der Waals surface area (Å²) in [5.41, 5.74) is 2.53. The minimum absolute atomic E-state index is 0.107. The van der Waals surface area contributed by atoms with Crippen LogP contribution in [-0.2, 0) is 15.9 Å². The smallest absolute Gasteiger partial charge is 0.124 e. The lowest BCUT2D eigenvalue weighted by Crippen LogP contribution is -2.55. The number of benzene rings is 2. The van der Waals surface area contributed by atoms with Crippen LogP contribution in [0.1, 0.15) is 29.2 Å². The molecule has 0 aliphatic carbocycles. The highest BCUT2D eigenvalue weighted by Crippen LogP contribution is 2.34. The molecular weight excluding hydrogens is 424 g/mol. The quantitative estimate of drug-likeness (QED) is 0.529. The van der Waals surface area contributed by atoms with Gasteiger partial charge in [-0.1, -0.05) is 35.9 Å². The molecule has 2 saturated heterocycles. The normalized spacial score (nSPS) is 31.0. The van der Waals surface area contributed by atoms with Crippen molar-refractivity contribution in [1.29, 1.82) is 0 Å². The van der Waals surface area contributed by atoms with E-state index in [0.29, 0.717) is 23.6 Å². The first-order chi connectivity index (χ1) is 15.0. The van der Waals surface area contributed by atoms with Crippen LogP contribution >= 0.6 is 11.6 Å². The summed E-state index contributed by atoms with van der Waals surface area (Å²) in [7, 11) is 0. The molecule has 4 rings (SSSR count). The van der Waals surface area contributed by atoms with Gasteiger partial charge in [-0.3, -0.25) is 0 Å². The maximum Gasteiger partial charge on any atom is 0.124 e. The molecule has 2 heterocycles. The number of aliphatic hydroxyl groups excluding tert-OH is 4. The van der Waals surface area contributed by atoms with Crippen LogP contribution in [0.4, 0.5) is 0 Å². The topological polar surface area (TPSA) is 109 Å². The highest BCUT2D eigenvalue weighted by Gasteiger charge is 2.44. The average Bonchev–Trinajstić information content (AvgIpc) is 3.28. The molecule has 0 saturated carbocycles. The van der Waals surface area contributed by atoms with E-state index < -0.39 is 37.1 Å². The van der Waals surface area contributed by atoms with Crippen LogP contribution in [0.5, 0.6) is 5.75 Å². The van der Waals surface area contributed by atoms with Crippen LogP contribution in [0.2, 0.25) is 5.02 Å². The van der Waals surface area contributed by atoms with Gasteiger partial charge in [-0.05, 0) is 41.3 Å². The average molecular weight is 451 g/mol. The molecule has 2 aliphatic rings. The lowest BCUT2D eigenvalue weighted by atomic mass is 9.90. The third-order valence-electron chi connectivity index (χ3n) is 5.81. The Morgan fingerprint density at radius 1 is 1.00 bits per heavy atom. The van der Waals surface area contributed by atoms with Crippen molar-refractivity contribution >= 4 is 11.6 Å². The summed E-state index contributed by atoms with van der Waals surface area (Å²) in [5.74, 6) is 0.809. The van der Waals surface area contributed by atoms with Gasteiger partial charge < -0.3 is 34.6 Å². The number of ether oxygens (including phenoxy) is 3. The molecule has 0 unspecified atom stereocenters. The van der Waals surface area contributed by atoms with Gasteiger partial charge in [-0.15, -0.1) is 0 Å². The Morgan fingerprint density at radius 2 is 1.77 bits per heavy atom. The van der Waals surface area contributed by atoms with E-state index in [0.717, 1.165) is 29.9 Å². The van der Waals surface area contributed by atoms with Gasteiger partial charge in [0.15, 0.2) is 0 Å².